The molecule has 0 aromatic heterocycles. The Bertz CT molecular complexity index is 421. The van der Waals surface area contributed by atoms with Gasteiger partial charge in [0, 0.05) is 18.8 Å². The summed E-state index contributed by atoms with van der Waals surface area (Å²) in [6, 6.07) is -0.844. The molecule has 2 N–H and O–H groups in total. The van der Waals surface area contributed by atoms with Gasteiger partial charge in [0.05, 0.1) is 0 Å². The van der Waals surface area contributed by atoms with Gasteiger partial charge in [0.2, 0.25) is 5.91 Å². The number of hydrogen-bond donors (Lipinski definition) is 2. The Morgan fingerprint density at radius 2 is 2.00 bits per heavy atom. The second-order valence-electron chi connectivity index (χ2n) is 6.84. The maximum Gasteiger partial charge on any atom is 0.326 e. The fraction of sp³-hybridized carbons (Fsp3) is 0.833. The van der Waals surface area contributed by atoms with Crippen LogP contribution in [-0.2, 0) is 14.4 Å². The molecule has 1 aliphatic carbocycles. The number of carboxylic acids is 1. The van der Waals surface area contributed by atoms with Gasteiger partial charge in [0.15, 0.2) is 0 Å². The number of carbonyl (C=O) groups excluding carboxylic acids is 2. The van der Waals surface area contributed by atoms with E-state index in [1.54, 1.807) is 0 Å². The van der Waals surface area contributed by atoms with E-state index < -0.39 is 12.0 Å². The first-order valence-electron chi connectivity index (χ1n) is 8.95. The summed E-state index contributed by atoms with van der Waals surface area (Å²) in [5.74, 6) is -1.00. The van der Waals surface area contributed by atoms with Crippen molar-refractivity contribution < 1.29 is 19.5 Å². The van der Waals surface area contributed by atoms with Gasteiger partial charge >= 0.3 is 5.97 Å². The number of amides is 1. The molecule has 5 nitrogen and oxygen atoms in total. The van der Waals surface area contributed by atoms with Crippen molar-refractivity contribution in [2.75, 3.05) is 0 Å². The van der Waals surface area contributed by atoms with Crippen LogP contribution in [0.25, 0.3) is 0 Å². The first-order valence-corrected chi connectivity index (χ1v) is 8.95. The molecule has 1 amide bonds. The second-order valence-corrected chi connectivity index (χ2v) is 6.84. The molecular formula is C18H31NO4. The topological polar surface area (TPSA) is 83.5 Å². The highest BCUT2D eigenvalue weighted by atomic mass is 16.4. The Balaban J connectivity index is 2.57. The van der Waals surface area contributed by atoms with Gasteiger partial charge in [-0.2, -0.15) is 0 Å². The van der Waals surface area contributed by atoms with Gasteiger partial charge in [-0.05, 0) is 24.7 Å². The first-order chi connectivity index (χ1) is 10.9. The lowest BCUT2D eigenvalue weighted by Gasteiger charge is -2.22. The number of nitrogens with one attached hydrogen (secondary N) is 1. The predicted octanol–water partition coefficient (Wildman–Crippen LogP) is 3.17. The van der Waals surface area contributed by atoms with Crippen LogP contribution in [0, 0.1) is 17.8 Å². The molecule has 1 fully saturated rings. The third-order valence-electron chi connectivity index (χ3n) is 5.11. The van der Waals surface area contributed by atoms with Crippen LogP contribution in [0.2, 0.25) is 0 Å². The maximum absolute atomic E-state index is 12.2. The number of rotatable bonds is 10. The van der Waals surface area contributed by atoms with Crippen LogP contribution in [0.1, 0.15) is 72.1 Å². The summed E-state index contributed by atoms with van der Waals surface area (Å²) in [5.41, 5.74) is 0. The lowest BCUT2D eigenvalue weighted by atomic mass is 9.87. The van der Waals surface area contributed by atoms with Crippen molar-refractivity contribution in [3.8, 4) is 0 Å². The average Bonchev–Trinajstić information content (AvgIpc) is 2.84. The standard InChI is InChI=1S/C18H31NO4/c1-4-6-7-8-14-13(9-10-15(14)20)11-16(21)19-17(18(22)23)12(3)5-2/h12-14,17H,4-11H2,1-3H3,(H,19,21)(H,22,23)/t12-,13-,14+,17+/m1/s1. The van der Waals surface area contributed by atoms with Crippen LogP contribution in [0.5, 0.6) is 0 Å². The van der Waals surface area contributed by atoms with Crippen LogP contribution in [0.15, 0.2) is 0 Å². The van der Waals surface area contributed by atoms with Crippen LogP contribution in [0.3, 0.4) is 0 Å². The van der Waals surface area contributed by atoms with Crippen LogP contribution >= 0.6 is 0 Å². The average molecular weight is 325 g/mol. The number of unbranched alkanes of at least 4 members (excludes halogenated alkanes) is 2. The highest BCUT2D eigenvalue weighted by Gasteiger charge is 2.36. The minimum atomic E-state index is -0.991. The van der Waals surface area contributed by atoms with E-state index in [1.165, 1.54) is 0 Å². The largest absolute Gasteiger partial charge is 0.480 e. The fourth-order valence-corrected chi connectivity index (χ4v) is 3.39. The zero-order valence-corrected chi connectivity index (χ0v) is 14.6. The normalized spacial score (nSPS) is 23.5. The number of Topliss-reactive ketones (excluding diaryl/α,β-unsaturated/α-hetero) is 1. The Morgan fingerprint density at radius 3 is 2.57 bits per heavy atom. The van der Waals surface area contributed by atoms with Gasteiger partial charge in [0.1, 0.15) is 11.8 Å². The number of hydrogen-bond acceptors (Lipinski definition) is 3. The molecule has 0 aromatic carbocycles. The summed E-state index contributed by atoms with van der Waals surface area (Å²) in [4.78, 5) is 35.5. The van der Waals surface area contributed by atoms with Gasteiger partial charge in [-0.3, -0.25) is 9.59 Å². The van der Waals surface area contributed by atoms with Gasteiger partial charge in [0.25, 0.3) is 0 Å². The van der Waals surface area contributed by atoms with E-state index in [0.29, 0.717) is 12.8 Å². The third kappa shape index (κ3) is 5.96. The Morgan fingerprint density at radius 1 is 1.30 bits per heavy atom. The molecule has 0 unspecified atom stereocenters. The highest BCUT2D eigenvalue weighted by Crippen LogP contribution is 2.35. The van der Waals surface area contributed by atoms with Crippen molar-refractivity contribution in [1.29, 1.82) is 0 Å². The van der Waals surface area contributed by atoms with Crippen molar-refractivity contribution in [3.63, 3.8) is 0 Å². The molecule has 132 valence electrons. The Kier molecular flexibility index (Phi) is 8.28. The van der Waals surface area contributed by atoms with Crippen molar-refractivity contribution in [3.05, 3.63) is 0 Å². The molecular weight excluding hydrogens is 294 g/mol. The van der Waals surface area contributed by atoms with E-state index in [1.807, 2.05) is 13.8 Å². The van der Waals surface area contributed by atoms with Gasteiger partial charge in [-0.1, -0.05) is 46.5 Å². The van der Waals surface area contributed by atoms with Crippen molar-refractivity contribution in [2.24, 2.45) is 17.8 Å². The lowest BCUT2D eigenvalue weighted by molar-refractivity contribution is -0.143. The molecule has 1 saturated carbocycles. The number of carboxylic acid groups (broad SMARTS) is 1. The monoisotopic (exact) mass is 325 g/mol. The molecule has 0 saturated heterocycles. The summed E-state index contributed by atoms with van der Waals surface area (Å²) in [6.45, 7) is 5.86. The molecule has 0 bridgehead atoms. The summed E-state index contributed by atoms with van der Waals surface area (Å²) in [5, 5.41) is 11.9. The molecule has 0 aliphatic heterocycles. The molecule has 4 atom stereocenters. The molecule has 1 rings (SSSR count). The third-order valence-corrected chi connectivity index (χ3v) is 5.11. The maximum atomic E-state index is 12.2. The lowest BCUT2D eigenvalue weighted by Crippen LogP contribution is -2.45. The zero-order chi connectivity index (χ0) is 17.4. The molecule has 0 aromatic rings. The highest BCUT2D eigenvalue weighted by molar-refractivity contribution is 5.87. The van der Waals surface area contributed by atoms with E-state index >= 15 is 0 Å². The zero-order valence-electron chi connectivity index (χ0n) is 14.6. The molecule has 0 spiro atoms. The SMILES string of the molecule is CCCCC[C@@H]1C(=O)CC[C@@H]1CC(=O)N[C@H](C(=O)O)[C@H](C)CC. The van der Waals surface area contributed by atoms with Crippen LogP contribution < -0.4 is 5.32 Å². The Labute approximate surface area is 139 Å². The van der Waals surface area contributed by atoms with E-state index in [9.17, 15) is 19.5 Å². The first kappa shape index (κ1) is 19.7. The molecule has 0 heterocycles. The number of carbonyl (C=O) groups is 3. The molecule has 0 radical (unpaired) electrons. The minimum Gasteiger partial charge on any atom is -0.480 e. The second kappa shape index (κ2) is 9.68. The van der Waals surface area contributed by atoms with Gasteiger partial charge in [-0.15, -0.1) is 0 Å². The van der Waals surface area contributed by atoms with Crippen LogP contribution in [0.4, 0.5) is 0 Å². The summed E-state index contributed by atoms with van der Waals surface area (Å²) < 4.78 is 0. The fourth-order valence-electron chi connectivity index (χ4n) is 3.39. The van der Waals surface area contributed by atoms with Crippen molar-refractivity contribution in [1.82, 2.24) is 5.32 Å². The van der Waals surface area contributed by atoms with Crippen molar-refractivity contribution in [2.45, 2.75) is 78.2 Å². The van der Waals surface area contributed by atoms with Gasteiger partial charge in [-0.25, -0.2) is 4.79 Å². The predicted molar refractivity (Wildman–Crippen MR) is 89.0 cm³/mol. The van der Waals surface area contributed by atoms with Crippen molar-refractivity contribution >= 4 is 17.7 Å². The van der Waals surface area contributed by atoms with Crippen LogP contribution in [-0.4, -0.2) is 28.8 Å². The smallest absolute Gasteiger partial charge is 0.326 e. The van der Waals surface area contributed by atoms with E-state index in [0.717, 1.165) is 32.1 Å². The summed E-state index contributed by atoms with van der Waals surface area (Å²) >= 11 is 0. The summed E-state index contributed by atoms with van der Waals surface area (Å²) in [6.07, 6.45) is 6.38. The van der Waals surface area contributed by atoms with E-state index in [-0.39, 0.29) is 35.9 Å². The van der Waals surface area contributed by atoms with Gasteiger partial charge < -0.3 is 10.4 Å². The molecule has 23 heavy (non-hydrogen) atoms. The molecule has 1 aliphatic rings. The van der Waals surface area contributed by atoms with E-state index in [2.05, 4.69) is 12.2 Å². The molecule has 5 heteroatoms. The summed E-state index contributed by atoms with van der Waals surface area (Å²) in [7, 11) is 0. The Hall–Kier alpha value is -1.39. The number of aliphatic carboxylic acids is 1. The quantitative estimate of drug-likeness (QED) is 0.604. The van der Waals surface area contributed by atoms with E-state index in [4.69, 9.17) is 0 Å². The minimum absolute atomic E-state index is 0.0147. The number of ketones is 1.